The van der Waals surface area contributed by atoms with Crippen molar-refractivity contribution in [3.05, 3.63) is 28.6 Å². The molecule has 0 aliphatic carbocycles. The highest BCUT2D eigenvalue weighted by Gasteiger charge is 2.07. The molecule has 2 aromatic heterocycles. The summed E-state index contributed by atoms with van der Waals surface area (Å²) in [6.45, 7) is 2.11. The monoisotopic (exact) mass is 225 g/mol. The molecule has 3 N–H and O–H groups in total. The maximum Gasteiger partial charge on any atom is 0.185 e. The van der Waals surface area contributed by atoms with E-state index >= 15 is 0 Å². The van der Waals surface area contributed by atoms with E-state index in [1.807, 2.05) is 6.07 Å². The van der Waals surface area contributed by atoms with Gasteiger partial charge in [0.15, 0.2) is 5.13 Å². The fourth-order valence-corrected chi connectivity index (χ4v) is 2.55. The number of hydrogen-bond acceptors (Lipinski definition) is 5. The molecule has 1 atom stereocenters. The van der Waals surface area contributed by atoms with Gasteiger partial charge >= 0.3 is 0 Å². The molecular formula is C9H11N3S2. The Bertz CT molecular complexity index is 394. The summed E-state index contributed by atoms with van der Waals surface area (Å²) in [6.07, 6.45) is 1.67. The second-order valence-corrected chi connectivity index (χ2v) is 4.99. The van der Waals surface area contributed by atoms with E-state index in [1.165, 1.54) is 16.2 Å². The number of anilines is 2. The van der Waals surface area contributed by atoms with Crippen molar-refractivity contribution in [1.29, 1.82) is 0 Å². The molecule has 74 valence electrons. The minimum atomic E-state index is 0.292. The van der Waals surface area contributed by atoms with Crippen LogP contribution in [0, 0.1) is 0 Å². The van der Waals surface area contributed by atoms with Crippen molar-refractivity contribution in [3.63, 3.8) is 0 Å². The van der Waals surface area contributed by atoms with Gasteiger partial charge in [0.25, 0.3) is 0 Å². The van der Waals surface area contributed by atoms with Gasteiger partial charge in [0.1, 0.15) is 5.00 Å². The summed E-state index contributed by atoms with van der Waals surface area (Å²) in [4.78, 5) is 5.46. The highest BCUT2D eigenvalue weighted by atomic mass is 32.1. The number of rotatable bonds is 3. The summed E-state index contributed by atoms with van der Waals surface area (Å²) in [5.74, 6) is 0. The lowest BCUT2D eigenvalue weighted by Crippen LogP contribution is -2.03. The second-order valence-electron chi connectivity index (χ2n) is 2.95. The number of nitrogens with two attached hydrogens (primary N) is 1. The van der Waals surface area contributed by atoms with Gasteiger partial charge in [-0.25, -0.2) is 4.98 Å². The zero-order chi connectivity index (χ0) is 9.97. The molecule has 0 saturated carbocycles. The van der Waals surface area contributed by atoms with Gasteiger partial charge in [-0.1, -0.05) is 17.4 Å². The zero-order valence-corrected chi connectivity index (χ0v) is 9.36. The predicted molar refractivity (Wildman–Crippen MR) is 62.9 cm³/mol. The molecule has 3 nitrogen and oxygen atoms in total. The minimum absolute atomic E-state index is 0.292. The fraction of sp³-hybridized carbons (Fsp3) is 0.222. The molecule has 2 rings (SSSR count). The van der Waals surface area contributed by atoms with Gasteiger partial charge in [0, 0.05) is 4.88 Å². The smallest absolute Gasteiger partial charge is 0.185 e. The van der Waals surface area contributed by atoms with E-state index in [9.17, 15) is 0 Å². The van der Waals surface area contributed by atoms with Gasteiger partial charge in [-0.05, 0) is 18.4 Å². The number of nitrogens with zero attached hydrogens (tertiary/aromatic N) is 1. The summed E-state index contributed by atoms with van der Waals surface area (Å²) < 4.78 is 0. The lowest BCUT2D eigenvalue weighted by molar-refractivity contribution is 0.904. The van der Waals surface area contributed by atoms with Crippen molar-refractivity contribution in [2.75, 3.05) is 11.1 Å². The van der Waals surface area contributed by atoms with Crippen LogP contribution in [0.5, 0.6) is 0 Å². The van der Waals surface area contributed by atoms with Crippen LogP contribution < -0.4 is 11.1 Å². The molecule has 0 aliphatic rings. The Morgan fingerprint density at radius 1 is 1.57 bits per heavy atom. The lowest BCUT2D eigenvalue weighted by Gasteiger charge is -2.09. The van der Waals surface area contributed by atoms with E-state index < -0.39 is 0 Å². The number of hydrogen-bond donors (Lipinski definition) is 2. The topological polar surface area (TPSA) is 50.9 Å². The van der Waals surface area contributed by atoms with E-state index in [0.29, 0.717) is 6.04 Å². The molecule has 0 saturated heterocycles. The van der Waals surface area contributed by atoms with Crippen LogP contribution in [0.15, 0.2) is 23.7 Å². The highest BCUT2D eigenvalue weighted by Crippen LogP contribution is 2.26. The van der Waals surface area contributed by atoms with Crippen molar-refractivity contribution >= 4 is 32.8 Å². The maximum absolute atomic E-state index is 5.59. The number of thiophene rings is 1. The van der Waals surface area contributed by atoms with Crippen molar-refractivity contribution in [1.82, 2.24) is 4.98 Å². The molecule has 0 radical (unpaired) electrons. The summed E-state index contributed by atoms with van der Waals surface area (Å²) in [5.41, 5.74) is 5.59. The zero-order valence-electron chi connectivity index (χ0n) is 7.73. The molecule has 0 aliphatic heterocycles. The number of nitrogen functional groups attached to an aromatic ring is 1. The third kappa shape index (κ3) is 2.05. The van der Waals surface area contributed by atoms with Gasteiger partial charge < -0.3 is 11.1 Å². The van der Waals surface area contributed by atoms with Crippen LogP contribution in [-0.4, -0.2) is 4.98 Å². The Hall–Kier alpha value is -1.07. The molecule has 0 spiro atoms. The van der Waals surface area contributed by atoms with Crippen LogP contribution in [0.1, 0.15) is 17.8 Å². The first-order valence-electron chi connectivity index (χ1n) is 4.27. The standard InChI is InChI=1S/C9H11N3S2/c1-6(7-3-2-4-13-7)12-9-11-5-8(10)14-9/h2-6H,10H2,1H3,(H,11,12). The first-order chi connectivity index (χ1) is 6.75. The first kappa shape index (κ1) is 9.48. The Morgan fingerprint density at radius 3 is 3.00 bits per heavy atom. The van der Waals surface area contributed by atoms with Gasteiger partial charge in [0.05, 0.1) is 12.2 Å². The van der Waals surface area contributed by atoms with Crippen LogP contribution in [0.2, 0.25) is 0 Å². The Labute approximate surface area is 90.6 Å². The van der Waals surface area contributed by atoms with E-state index in [2.05, 4.69) is 28.7 Å². The number of thiazole rings is 1. The van der Waals surface area contributed by atoms with Crippen LogP contribution in [0.4, 0.5) is 10.1 Å². The van der Waals surface area contributed by atoms with E-state index in [1.54, 1.807) is 17.5 Å². The predicted octanol–water partition coefficient (Wildman–Crippen LogP) is 2.96. The molecule has 5 heteroatoms. The summed E-state index contributed by atoms with van der Waals surface area (Å²) in [6, 6.07) is 4.45. The molecule has 14 heavy (non-hydrogen) atoms. The second kappa shape index (κ2) is 3.98. The van der Waals surface area contributed by atoms with Crippen molar-refractivity contribution < 1.29 is 0 Å². The molecule has 2 aromatic rings. The first-order valence-corrected chi connectivity index (χ1v) is 5.96. The molecule has 1 unspecified atom stereocenters. The number of aromatic nitrogens is 1. The SMILES string of the molecule is CC(Nc1ncc(N)s1)c1cccs1. The lowest BCUT2D eigenvalue weighted by atomic mass is 10.3. The van der Waals surface area contributed by atoms with Crippen molar-refractivity contribution in [2.45, 2.75) is 13.0 Å². The molecular weight excluding hydrogens is 214 g/mol. The molecule has 0 aromatic carbocycles. The van der Waals surface area contributed by atoms with Gasteiger partial charge in [0.2, 0.25) is 0 Å². The van der Waals surface area contributed by atoms with E-state index in [-0.39, 0.29) is 0 Å². The molecule has 0 fully saturated rings. The summed E-state index contributed by atoms with van der Waals surface area (Å²) in [5, 5.41) is 7.00. The Morgan fingerprint density at radius 2 is 2.43 bits per heavy atom. The Balaban J connectivity index is 2.05. The van der Waals surface area contributed by atoms with Crippen molar-refractivity contribution in [3.8, 4) is 0 Å². The minimum Gasteiger partial charge on any atom is -0.389 e. The highest BCUT2D eigenvalue weighted by molar-refractivity contribution is 7.19. The summed E-state index contributed by atoms with van der Waals surface area (Å²) >= 11 is 3.21. The fourth-order valence-electron chi connectivity index (χ4n) is 1.15. The Kier molecular flexibility index (Phi) is 2.69. The molecule has 0 bridgehead atoms. The van der Waals surface area contributed by atoms with Crippen LogP contribution in [0.3, 0.4) is 0 Å². The average Bonchev–Trinajstić information content (AvgIpc) is 2.75. The van der Waals surface area contributed by atoms with E-state index in [0.717, 1.165) is 10.1 Å². The number of nitrogens with one attached hydrogen (secondary N) is 1. The van der Waals surface area contributed by atoms with E-state index in [4.69, 9.17) is 5.73 Å². The third-order valence-corrected chi connectivity index (χ3v) is 3.65. The maximum atomic E-state index is 5.59. The van der Waals surface area contributed by atoms with Gasteiger partial charge in [-0.15, -0.1) is 11.3 Å². The summed E-state index contributed by atoms with van der Waals surface area (Å²) in [7, 11) is 0. The largest absolute Gasteiger partial charge is 0.389 e. The van der Waals surface area contributed by atoms with Gasteiger partial charge in [-0.3, -0.25) is 0 Å². The van der Waals surface area contributed by atoms with Gasteiger partial charge in [-0.2, -0.15) is 0 Å². The normalized spacial score (nSPS) is 12.6. The third-order valence-electron chi connectivity index (χ3n) is 1.83. The molecule has 0 amide bonds. The van der Waals surface area contributed by atoms with Crippen LogP contribution in [-0.2, 0) is 0 Å². The average molecular weight is 225 g/mol. The van der Waals surface area contributed by atoms with Crippen molar-refractivity contribution in [2.24, 2.45) is 0 Å². The van der Waals surface area contributed by atoms with Crippen LogP contribution in [0.25, 0.3) is 0 Å². The quantitative estimate of drug-likeness (QED) is 0.844. The molecule has 2 heterocycles. The van der Waals surface area contributed by atoms with Crippen LogP contribution >= 0.6 is 22.7 Å².